The molecule has 0 bridgehead atoms. The van der Waals surface area contributed by atoms with Gasteiger partial charge in [0.05, 0.1) is 0 Å². The Balaban J connectivity index is 1.94. The van der Waals surface area contributed by atoms with Crippen LogP contribution in [0.3, 0.4) is 0 Å². The molecule has 20 heavy (non-hydrogen) atoms. The van der Waals surface area contributed by atoms with Gasteiger partial charge in [-0.15, -0.1) is 0 Å². The Morgan fingerprint density at radius 2 is 2.35 bits per heavy atom. The van der Waals surface area contributed by atoms with Crippen LogP contribution in [0.4, 0.5) is 11.8 Å². The van der Waals surface area contributed by atoms with Crippen LogP contribution in [0.5, 0.6) is 0 Å². The summed E-state index contributed by atoms with van der Waals surface area (Å²) in [7, 11) is 4.13. The van der Waals surface area contributed by atoms with Crippen molar-refractivity contribution in [1.82, 2.24) is 20.3 Å². The summed E-state index contributed by atoms with van der Waals surface area (Å²) in [5, 5.41) is 5.40. The normalized spacial score (nSPS) is 20.0. The van der Waals surface area contributed by atoms with Gasteiger partial charge in [-0.3, -0.25) is 5.01 Å². The minimum atomic E-state index is 0.710. The molecule has 0 saturated carbocycles. The molecule has 1 aromatic heterocycles. The second-order valence-corrected chi connectivity index (χ2v) is 5.73. The molecule has 0 aliphatic carbocycles. The van der Waals surface area contributed by atoms with Gasteiger partial charge in [-0.2, -0.15) is 4.98 Å². The van der Waals surface area contributed by atoms with Crippen molar-refractivity contribution in [3.63, 3.8) is 0 Å². The molecule has 1 unspecified atom stereocenters. The molecule has 6 nitrogen and oxygen atoms in total. The van der Waals surface area contributed by atoms with Gasteiger partial charge >= 0.3 is 0 Å². The minimum absolute atomic E-state index is 0.710. The largest absolute Gasteiger partial charge is 0.369 e. The fraction of sp³-hybridized carbons (Fsp3) is 0.714. The first-order chi connectivity index (χ1) is 9.65. The van der Waals surface area contributed by atoms with Gasteiger partial charge in [0.2, 0.25) is 5.95 Å². The molecule has 6 heteroatoms. The zero-order valence-corrected chi connectivity index (χ0v) is 12.8. The van der Waals surface area contributed by atoms with E-state index in [-0.39, 0.29) is 0 Å². The Morgan fingerprint density at radius 1 is 1.50 bits per heavy atom. The number of nitrogens with zero attached hydrogens (tertiary/aromatic N) is 4. The van der Waals surface area contributed by atoms with Crippen molar-refractivity contribution in [2.45, 2.75) is 19.8 Å². The molecule has 0 amide bonds. The molecule has 1 saturated heterocycles. The quantitative estimate of drug-likeness (QED) is 0.844. The first kappa shape index (κ1) is 15.0. The highest BCUT2D eigenvalue weighted by atomic mass is 15.5. The molecule has 0 radical (unpaired) electrons. The van der Waals surface area contributed by atoms with Crippen molar-refractivity contribution >= 4 is 11.8 Å². The van der Waals surface area contributed by atoms with Crippen LogP contribution >= 0.6 is 0 Å². The zero-order valence-electron chi connectivity index (χ0n) is 12.8. The fourth-order valence-corrected chi connectivity index (χ4v) is 2.20. The van der Waals surface area contributed by atoms with Crippen LogP contribution in [0.2, 0.25) is 0 Å². The number of anilines is 2. The number of hydrogen-bond donors (Lipinski definition) is 2. The van der Waals surface area contributed by atoms with Crippen LogP contribution in [-0.4, -0.2) is 55.1 Å². The van der Waals surface area contributed by atoms with E-state index < -0.39 is 0 Å². The highest BCUT2D eigenvalue weighted by Gasteiger charge is 2.15. The topological polar surface area (TPSA) is 56.3 Å². The molecule has 1 atom stereocenters. The van der Waals surface area contributed by atoms with Gasteiger partial charge in [-0.25, -0.2) is 10.4 Å². The molecule has 1 aliphatic rings. The number of aromatic nitrogens is 2. The summed E-state index contributed by atoms with van der Waals surface area (Å²) in [5.41, 5.74) is 3.42. The summed E-state index contributed by atoms with van der Waals surface area (Å²) in [6, 6.07) is 1.92. The van der Waals surface area contributed by atoms with Crippen molar-refractivity contribution in [2.75, 3.05) is 50.6 Å². The molecule has 1 fully saturated rings. The predicted molar refractivity (Wildman–Crippen MR) is 82.8 cm³/mol. The Hall–Kier alpha value is -1.40. The Morgan fingerprint density at radius 3 is 3.15 bits per heavy atom. The van der Waals surface area contributed by atoms with E-state index in [9.17, 15) is 0 Å². The van der Waals surface area contributed by atoms with Gasteiger partial charge in [0.25, 0.3) is 0 Å². The number of hydrazine groups is 1. The maximum atomic E-state index is 4.58. The second-order valence-electron chi connectivity index (χ2n) is 5.73. The molecular formula is C14H26N6. The third-order valence-corrected chi connectivity index (χ3v) is 3.46. The predicted octanol–water partition coefficient (Wildman–Crippen LogP) is 1.19. The van der Waals surface area contributed by atoms with Crippen molar-refractivity contribution in [1.29, 1.82) is 0 Å². The van der Waals surface area contributed by atoms with Crippen molar-refractivity contribution in [3.05, 3.63) is 12.3 Å². The van der Waals surface area contributed by atoms with Gasteiger partial charge in [0, 0.05) is 32.4 Å². The van der Waals surface area contributed by atoms with E-state index in [1.165, 1.54) is 12.8 Å². The maximum Gasteiger partial charge on any atom is 0.241 e. The lowest BCUT2D eigenvalue weighted by atomic mass is 10.1. The van der Waals surface area contributed by atoms with E-state index in [2.05, 4.69) is 51.6 Å². The first-order valence-corrected chi connectivity index (χ1v) is 7.38. The third kappa shape index (κ3) is 4.61. The fourth-order valence-electron chi connectivity index (χ4n) is 2.20. The van der Waals surface area contributed by atoms with E-state index in [4.69, 9.17) is 0 Å². The summed E-state index contributed by atoms with van der Waals surface area (Å²) in [5.74, 6) is 2.35. The Kier molecular flexibility index (Phi) is 5.55. The summed E-state index contributed by atoms with van der Waals surface area (Å²) in [4.78, 5) is 11.1. The second kappa shape index (κ2) is 7.40. The third-order valence-electron chi connectivity index (χ3n) is 3.46. The number of rotatable bonds is 5. The first-order valence-electron chi connectivity index (χ1n) is 7.38. The van der Waals surface area contributed by atoms with Gasteiger partial charge in [0.15, 0.2) is 0 Å². The molecule has 1 aromatic rings. The Bertz CT molecular complexity index is 408. The lowest BCUT2D eigenvalue weighted by Crippen LogP contribution is -2.40. The van der Waals surface area contributed by atoms with E-state index in [1.54, 1.807) is 0 Å². The summed E-state index contributed by atoms with van der Waals surface area (Å²) in [6.07, 6.45) is 4.25. The number of nitrogens with one attached hydrogen (secondary N) is 2. The van der Waals surface area contributed by atoms with E-state index in [0.29, 0.717) is 5.92 Å². The summed E-state index contributed by atoms with van der Waals surface area (Å²) >= 11 is 0. The van der Waals surface area contributed by atoms with Crippen LogP contribution in [0, 0.1) is 5.92 Å². The SMILES string of the molecule is CC1CCCN(c2nccc(NCCN(C)C)n2)NC1. The lowest BCUT2D eigenvalue weighted by Gasteiger charge is -2.21. The van der Waals surface area contributed by atoms with Crippen LogP contribution in [-0.2, 0) is 0 Å². The number of likely N-dealkylation sites (N-methyl/N-ethyl adjacent to an activating group) is 1. The standard InChI is InChI=1S/C14H26N6/c1-12-5-4-9-20(17-11-12)14-16-7-6-13(18-14)15-8-10-19(2)3/h6-7,12,17H,4-5,8-11H2,1-3H3,(H,15,16,18). The monoisotopic (exact) mass is 278 g/mol. The lowest BCUT2D eigenvalue weighted by molar-refractivity contribution is 0.425. The van der Waals surface area contributed by atoms with Crippen LogP contribution in [0.25, 0.3) is 0 Å². The van der Waals surface area contributed by atoms with E-state index in [1.807, 2.05) is 12.3 Å². The minimum Gasteiger partial charge on any atom is -0.369 e. The average molecular weight is 278 g/mol. The summed E-state index contributed by atoms with van der Waals surface area (Å²) in [6.45, 7) is 6.09. The van der Waals surface area contributed by atoms with Gasteiger partial charge in [0.1, 0.15) is 5.82 Å². The smallest absolute Gasteiger partial charge is 0.241 e. The zero-order chi connectivity index (χ0) is 14.4. The van der Waals surface area contributed by atoms with Gasteiger partial charge in [-0.05, 0) is 38.9 Å². The van der Waals surface area contributed by atoms with Gasteiger partial charge in [-0.1, -0.05) is 6.92 Å². The number of hydrogen-bond acceptors (Lipinski definition) is 6. The molecule has 112 valence electrons. The molecule has 1 aliphatic heterocycles. The van der Waals surface area contributed by atoms with Crippen LogP contribution < -0.4 is 15.8 Å². The molecule has 2 heterocycles. The maximum absolute atomic E-state index is 4.58. The molecular weight excluding hydrogens is 252 g/mol. The van der Waals surface area contributed by atoms with E-state index in [0.717, 1.165) is 37.9 Å². The molecule has 2 rings (SSSR count). The van der Waals surface area contributed by atoms with Gasteiger partial charge < -0.3 is 10.2 Å². The highest BCUT2D eigenvalue weighted by molar-refractivity contribution is 5.40. The highest BCUT2D eigenvalue weighted by Crippen LogP contribution is 2.14. The van der Waals surface area contributed by atoms with Crippen molar-refractivity contribution in [3.8, 4) is 0 Å². The van der Waals surface area contributed by atoms with Crippen LogP contribution in [0.1, 0.15) is 19.8 Å². The molecule has 0 spiro atoms. The van der Waals surface area contributed by atoms with Crippen molar-refractivity contribution < 1.29 is 0 Å². The van der Waals surface area contributed by atoms with Crippen molar-refractivity contribution in [2.24, 2.45) is 5.92 Å². The molecule has 2 N–H and O–H groups in total. The van der Waals surface area contributed by atoms with E-state index >= 15 is 0 Å². The molecule has 0 aromatic carbocycles. The summed E-state index contributed by atoms with van der Waals surface area (Å²) < 4.78 is 0. The Labute approximate surface area is 121 Å². The average Bonchev–Trinajstić information content (AvgIpc) is 2.63. The van der Waals surface area contributed by atoms with Crippen LogP contribution in [0.15, 0.2) is 12.3 Å².